The number of benzene rings is 2. The first kappa shape index (κ1) is 21.0. The lowest BCUT2D eigenvalue weighted by Crippen LogP contribution is -2.42. The van der Waals surface area contributed by atoms with Crippen LogP contribution in [0, 0.1) is 11.6 Å². The van der Waals surface area contributed by atoms with Crippen LogP contribution in [0.15, 0.2) is 79.9 Å². The minimum atomic E-state index is -1.63. The van der Waals surface area contributed by atoms with Crippen molar-refractivity contribution in [2.24, 2.45) is 0 Å². The third kappa shape index (κ3) is 4.91. The Morgan fingerprint density at radius 3 is 2.19 bits per heavy atom. The summed E-state index contributed by atoms with van der Waals surface area (Å²) in [7, 11) is 0. The van der Waals surface area contributed by atoms with Gasteiger partial charge in [-0.25, -0.2) is 32.9 Å². The average molecular weight is 436 g/mol. The van der Waals surface area contributed by atoms with Gasteiger partial charge < -0.3 is 4.74 Å². The molecule has 2 aromatic carbocycles. The molecule has 0 N–H and O–H groups in total. The normalized spacial score (nSPS) is 11.7. The highest BCUT2D eigenvalue weighted by molar-refractivity contribution is 5.87. The first-order chi connectivity index (χ1) is 15.5. The monoisotopic (exact) mass is 436 g/mol. The minimum Gasteiger partial charge on any atom is -0.447 e. The molecule has 0 aliphatic carbocycles. The van der Waals surface area contributed by atoms with Gasteiger partial charge in [0, 0.05) is 17.7 Å². The smallest absolute Gasteiger partial charge is 0.331 e. The van der Waals surface area contributed by atoms with Gasteiger partial charge in [0.25, 0.3) is 0 Å². The van der Waals surface area contributed by atoms with Gasteiger partial charge in [0.15, 0.2) is 5.60 Å². The highest BCUT2D eigenvalue weighted by Gasteiger charge is 2.40. The summed E-state index contributed by atoms with van der Waals surface area (Å²) in [5, 5.41) is 8.12. The molecular weight excluding hydrogens is 418 g/mol. The standard InChI is InChI=1S/C22H18F2N6O2/c23-18-7-8-19(20(24)10-18)22(11-29-15-25-13-27-29,12-30-16-26-14-28-30)32-21(31)9-6-17-4-2-1-3-5-17/h1-10,13-16H,11-12H2/b9-6+. The van der Waals surface area contributed by atoms with Crippen LogP contribution in [0.4, 0.5) is 8.78 Å². The summed E-state index contributed by atoms with van der Waals surface area (Å²) in [6.45, 7) is -0.194. The van der Waals surface area contributed by atoms with Gasteiger partial charge in [-0.2, -0.15) is 10.2 Å². The Morgan fingerprint density at radius 2 is 1.62 bits per heavy atom. The molecular formula is C22H18F2N6O2. The van der Waals surface area contributed by atoms with Crippen LogP contribution in [0.1, 0.15) is 11.1 Å². The largest absolute Gasteiger partial charge is 0.447 e. The number of carbonyl (C=O) groups excluding carboxylic acids is 1. The zero-order valence-corrected chi connectivity index (χ0v) is 16.8. The maximum Gasteiger partial charge on any atom is 0.331 e. The molecule has 4 aromatic rings. The van der Waals surface area contributed by atoms with E-state index < -0.39 is 23.2 Å². The van der Waals surface area contributed by atoms with Crippen LogP contribution < -0.4 is 0 Å². The number of hydrogen-bond acceptors (Lipinski definition) is 6. The van der Waals surface area contributed by atoms with Gasteiger partial charge >= 0.3 is 5.97 Å². The number of nitrogens with zero attached hydrogens (tertiary/aromatic N) is 6. The average Bonchev–Trinajstić information content (AvgIpc) is 3.47. The molecule has 0 fully saturated rings. The number of ether oxygens (including phenoxy) is 1. The molecule has 0 radical (unpaired) electrons. The molecule has 0 spiro atoms. The Hall–Kier alpha value is -4.21. The maximum absolute atomic E-state index is 15.0. The Bertz CT molecular complexity index is 1160. The highest BCUT2D eigenvalue weighted by atomic mass is 19.1. The van der Waals surface area contributed by atoms with Crippen molar-refractivity contribution in [2.45, 2.75) is 18.7 Å². The van der Waals surface area contributed by atoms with E-state index in [4.69, 9.17) is 4.74 Å². The topological polar surface area (TPSA) is 87.7 Å². The lowest BCUT2D eigenvalue weighted by molar-refractivity contribution is -0.159. The lowest BCUT2D eigenvalue weighted by Gasteiger charge is -2.33. The third-order valence-electron chi connectivity index (χ3n) is 4.70. The van der Waals surface area contributed by atoms with E-state index in [1.54, 1.807) is 6.08 Å². The third-order valence-corrected chi connectivity index (χ3v) is 4.70. The molecule has 2 aromatic heterocycles. The maximum atomic E-state index is 15.0. The van der Waals surface area contributed by atoms with E-state index >= 15 is 0 Å². The number of aromatic nitrogens is 6. The highest BCUT2D eigenvalue weighted by Crippen LogP contribution is 2.33. The number of hydrogen-bond donors (Lipinski definition) is 0. The molecule has 0 unspecified atom stereocenters. The molecule has 0 amide bonds. The summed E-state index contributed by atoms with van der Waals surface area (Å²) in [6, 6.07) is 12.2. The number of esters is 1. The molecule has 0 aliphatic rings. The molecule has 0 saturated carbocycles. The quantitative estimate of drug-likeness (QED) is 0.312. The van der Waals surface area contributed by atoms with Gasteiger partial charge in [-0.3, -0.25) is 0 Å². The van der Waals surface area contributed by atoms with Crippen molar-refractivity contribution >= 4 is 12.0 Å². The van der Waals surface area contributed by atoms with Crippen molar-refractivity contribution in [3.63, 3.8) is 0 Å². The van der Waals surface area contributed by atoms with Gasteiger partial charge in [-0.15, -0.1) is 0 Å². The van der Waals surface area contributed by atoms with Crippen molar-refractivity contribution in [3.8, 4) is 0 Å². The molecule has 8 nitrogen and oxygen atoms in total. The zero-order valence-electron chi connectivity index (χ0n) is 16.8. The fourth-order valence-electron chi connectivity index (χ4n) is 3.31. The van der Waals surface area contributed by atoms with Crippen LogP contribution in [-0.2, 0) is 28.2 Å². The summed E-state index contributed by atoms with van der Waals surface area (Å²) in [6.07, 6.45) is 8.25. The summed E-state index contributed by atoms with van der Waals surface area (Å²) in [5.74, 6) is -2.35. The molecule has 2 heterocycles. The van der Waals surface area contributed by atoms with Crippen LogP contribution >= 0.6 is 0 Å². The fourth-order valence-corrected chi connectivity index (χ4v) is 3.31. The molecule has 10 heteroatoms. The van der Waals surface area contributed by atoms with Gasteiger partial charge in [0.2, 0.25) is 0 Å². The van der Waals surface area contributed by atoms with E-state index in [-0.39, 0.29) is 18.7 Å². The van der Waals surface area contributed by atoms with E-state index in [1.807, 2.05) is 30.3 Å². The van der Waals surface area contributed by atoms with E-state index in [0.717, 1.165) is 17.7 Å². The summed E-state index contributed by atoms with van der Waals surface area (Å²) in [5.41, 5.74) is -0.876. The molecule has 4 rings (SSSR count). The van der Waals surface area contributed by atoms with E-state index in [0.29, 0.717) is 0 Å². The molecule has 0 aliphatic heterocycles. The first-order valence-electron chi connectivity index (χ1n) is 9.60. The van der Waals surface area contributed by atoms with Crippen LogP contribution in [-0.4, -0.2) is 35.5 Å². The Kier molecular flexibility index (Phi) is 6.11. The van der Waals surface area contributed by atoms with E-state index in [1.165, 1.54) is 46.8 Å². The Labute approximate surface area is 181 Å². The Balaban J connectivity index is 1.75. The second-order valence-electron chi connectivity index (χ2n) is 6.97. The second kappa shape index (κ2) is 9.29. The van der Waals surface area contributed by atoms with Crippen LogP contribution in [0.5, 0.6) is 0 Å². The second-order valence-corrected chi connectivity index (χ2v) is 6.97. The number of carbonyl (C=O) groups is 1. The molecule has 32 heavy (non-hydrogen) atoms. The molecule has 0 bridgehead atoms. The predicted octanol–water partition coefficient (Wildman–Crippen LogP) is 3.00. The SMILES string of the molecule is O=C(/C=C/c1ccccc1)OC(Cn1cncn1)(Cn1cncn1)c1ccc(F)cc1F. The summed E-state index contributed by atoms with van der Waals surface area (Å²) in [4.78, 5) is 20.6. The zero-order chi connectivity index (χ0) is 22.4. The van der Waals surface area contributed by atoms with Gasteiger partial charge in [-0.05, 0) is 23.8 Å². The summed E-state index contributed by atoms with van der Waals surface area (Å²) >= 11 is 0. The first-order valence-corrected chi connectivity index (χ1v) is 9.60. The van der Waals surface area contributed by atoms with E-state index in [2.05, 4.69) is 20.2 Å². The number of rotatable bonds is 8. The van der Waals surface area contributed by atoms with E-state index in [9.17, 15) is 13.6 Å². The lowest BCUT2D eigenvalue weighted by atomic mass is 9.92. The van der Waals surface area contributed by atoms with Crippen molar-refractivity contribution in [3.05, 3.63) is 103 Å². The van der Waals surface area contributed by atoms with Crippen molar-refractivity contribution in [1.29, 1.82) is 0 Å². The van der Waals surface area contributed by atoms with Crippen molar-refractivity contribution in [1.82, 2.24) is 29.5 Å². The van der Waals surface area contributed by atoms with Crippen LogP contribution in [0.3, 0.4) is 0 Å². The van der Waals surface area contributed by atoms with Crippen LogP contribution in [0.2, 0.25) is 0 Å². The number of halogens is 2. The van der Waals surface area contributed by atoms with Gasteiger partial charge in [0.1, 0.15) is 36.9 Å². The molecule has 0 saturated heterocycles. The van der Waals surface area contributed by atoms with Crippen molar-refractivity contribution in [2.75, 3.05) is 0 Å². The fraction of sp³-hybridized carbons (Fsp3) is 0.136. The summed E-state index contributed by atoms with van der Waals surface area (Å²) < 4.78 is 37.3. The van der Waals surface area contributed by atoms with Crippen molar-refractivity contribution < 1.29 is 18.3 Å². The molecule has 0 atom stereocenters. The van der Waals surface area contributed by atoms with Crippen LogP contribution in [0.25, 0.3) is 6.08 Å². The Morgan fingerprint density at radius 1 is 0.969 bits per heavy atom. The van der Waals surface area contributed by atoms with Gasteiger partial charge in [0.05, 0.1) is 13.1 Å². The molecule has 162 valence electrons. The van der Waals surface area contributed by atoms with Gasteiger partial charge in [-0.1, -0.05) is 30.3 Å². The predicted molar refractivity (Wildman–Crippen MR) is 110 cm³/mol. The minimum absolute atomic E-state index is 0.0358.